The van der Waals surface area contributed by atoms with Crippen LogP contribution in [0.2, 0.25) is 0 Å². The fourth-order valence-corrected chi connectivity index (χ4v) is 0.859. The van der Waals surface area contributed by atoms with E-state index in [2.05, 4.69) is 0 Å². The fourth-order valence-electron chi connectivity index (χ4n) is 0.859. The van der Waals surface area contributed by atoms with Crippen LogP contribution in [0.5, 0.6) is 0 Å². The van der Waals surface area contributed by atoms with Crippen LogP contribution in [-0.2, 0) is 14.4 Å². The van der Waals surface area contributed by atoms with E-state index in [-0.39, 0.29) is 75.7 Å². The molecule has 23 heavy (non-hydrogen) atoms. The number of hydrogen-bond donors (Lipinski definition) is 0. The summed E-state index contributed by atoms with van der Waals surface area (Å²) < 4.78 is 0. The Balaban J connectivity index is -0.0000000675. The van der Waals surface area contributed by atoms with Crippen LogP contribution < -0.4 is 15.3 Å². The van der Waals surface area contributed by atoms with Crippen LogP contribution >= 0.6 is 0 Å². The molecule has 8 heteroatoms. The maximum Gasteiger partial charge on any atom is 3.00 e. The standard InChI is InChI=1S/3C5H8O2.La.H2O/c3*1-4(6)3-5(2)7;;/h3*3,6H,1-2H3;;1H2/q;;;+3;/p-3/b3*4-3-;;. The van der Waals surface area contributed by atoms with Crippen molar-refractivity contribution < 1.29 is 70.8 Å². The van der Waals surface area contributed by atoms with E-state index in [4.69, 9.17) is 0 Å². The third kappa shape index (κ3) is 63.1. The first kappa shape index (κ1) is 33.4. The van der Waals surface area contributed by atoms with Crippen LogP contribution in [0.1, 0.15) is 41.5 Å². The molecule has 0 atom stereocenters. The van der Waals surface area contributed by atoms with Gasteiger partial charge in [0, 0.05) is 0 Å². The molecule has 0 saturated carbocycles. The summed E-state index contributed by atoms with van der Waals surface area (Å²) >= 11 is 0. The summed E-state index contributed by atoms with van der Waals surface area (Å²) in [7, 11) is 0. The van der Waals surface area contributed by atoms with Crippen molar-refractivity contribution in [2.75, 3.05) is 0 Å². The van der Waals surface area contributed by atoms with Gasteiger partial charge in [-0.1, -0.05) is 20.8 Å². The normalized spacial score (nSPS) is 10.4. The van der Waals surface area contributed by atoms with Crippen LogP contribution in [0.25, 0.3) is 0 Å². The molecule has 0 unspecified atom stereocenters. The van der Waals surface area contributed by atoms with Crippen molar-refractivity contribution in [2.24, 2.45) is 0 Å². The van der Waals surface area contributed by atoms with Gasteiger partial charge in [0.05, 0.1) is 0 Å². The number of carbonyl (C=O) groups excluding carboxylic acids is 3. The van der Waals surface area contributed by atoms with Gasteiger partial charge >= 0.3 is 35.6 Å². The Bertz CT molecular complexity index is 370. The first-order valence-corrected chi connectivity index (χ1v) is 5.96. The number of ketones is 3. The molecule has 0 fully saturated rings. The quantitative estimate of drug-likeness (QED) is 0.382. The molecule has 0 bridgehead atoms. The molecular weight excluding hydrogens is 431 g/mol. The Morgan fingerprint density at radius 1 is 0.565 bits per heavy atom. The molecule has 2 N–H and O–H groups in total. The van der Waals surface area contributed by atoms with E-state index < -0.39 is 0 Å². The van der Waals surface area contributed by atoms with Crippen molar-refractivity contribution in [1.29, 1.82) is 0 Å². The van der Waals surface area contributed by atoms with Gasteiger partial charge in [-0.25, -0.2) is 0 Å². The monoisotopic (exact) mass is 454 g/mol. The molecule has 0 aliphatic rings. The van der Waals surface area contributed by atoms with Gasteiger partial charge in [-0.15, -0.1) is 17.3 Å². The predicted octanol–water partition coefficient (Wildman–Crippen LogP) is -1.31. The molecule has 7 nitrogen and oxygen atoms in total. The average Bonchev–Trinajstić information content (AvgIpc) is 2.10. The van der Waals surface area contributed by atoms with Crippen LogP contribution in [0.15, 0.2) is 35.5 Å². The Morgan fingerprint density at radius 2 is 0.696 bits per heavy atom. The molecule has 0 heterocycles. The molecule has 0 amide bonds. The van der Waals surface area contributed by atoms with E-state index in [9.17, 15) is 29.7 Å². The predicted molar refractivity (Wildman–Crippen MR) is 76.9 cm³/mol. The molecule has 0 aliphatic carbocycles. The van der Waals surface area contributed by atoms with Gasteiger partial charge in [-0.3, -0.25) is 14.4 Å². The Kier molecular flexibility index (Phi) is 30.2. The number of hydrogen-bond acceptors (Lipinski definition) is 6. The van der Waals surface area contributed by atoms with Gasteiger partial charge in [0.15, 0.2) is 17.3 Å². The van der Waals surface area contributed by atoms with E-state index in [1.54, 1.807) is 0 Å². The van der Waals surface area contributed by atoms with Gasteiger partial charge in [0.2, 0.25) is 0 Å². The SMILES string of the molecule is CC(=O)/C=C(/C)[O-].CC(=O)/C=C(/C)[O-].CC(=O)/C=C(/C)[O-].O.[La+3]. The van der Waals surface area contributed by atoms with Crippen molar-refractivity contribution in [2.45, 2.75) is 41.5 Å². The Labute approximate surface area is 164 Å². The Hall–Kier alpha value is -1.22. The zero-order chi connectivity index (χ0) is 17.6. The summed E-state index contributed by atoms with van der Waals surface area (Å²) in [4.78, 5) is 29.9. The zero-order valence-electron chi connectivity index (χ0n) is 14.3. The van der Waals surface area contributed by atoms with Gasteiger partial charge < -0.3 is 20.8 Å². The van der Waals surface area contributed by atoms with Gasteiger partial charge in [-0.2, -0.15) is 0 Å². The summed E-state index contributed by atoms with van der Waals surface area (Å²) in [6.45, 7) is 8.09. The summed E-state index contributed by atoms with van der Waals surface area (Å²) in [5.74, 6) is -1.12. The largest absolute Gasteiger partial charge is 3.00 e. The molecule has 0 aromatic heterocycles. The van der Waals surface area contributed by atoms with E-state index in [1.807, 2.05) is 0 Å². The second-order valence-electron chi connectivity index (χ2n) is 4.10. The molecule has 0 aromatic rings. The molecular formula is C15H23LaO7. The number of rotatable bonds is 3. The molecule has 0 aromatic carbocycles. The van der Waals surface area contributed by atoms with Gasteiger partial charge in [-0.05, 0) is 39.0 Å². The van der Waals surface area contributed by atoms with E-state index in [1.165, 1.54) is 41.5 Å². The zero-order valence-corrected chi connectivity index (χ0v) is 17.9. The smallest absolute Gasteiger partial charge is 0.876 e. The van der Waals surface area contributed by atoms with E-state index in [0.29, 0.717) is 0 Å². The average molecular weight is 454 g/mol. The fraction of sp³-hybridized carbons (Fsp3) is 0.400. The van der Waals surface area contributed by atoms with Gasteiger partial charge in [0.25, 0.3) is 0 Å². The molecule has 0 aliphatic heterocycles. The van der Waals surface area contributed by atoms with Crippen LogP contribution in [0, 0.1) is 35.6 Å². The van der Waals surface area contributed by atoms with Crippen LogP contribution in [-0.4, -0.2) is 22.8 Å². The minimum absolute atomic E-state index is 0. The van der Waals surface area contributed by atoms with Crippen molar-refractivity contribution in [3.05, 3.63) is 35.5 Å². The Morgan fingerprint density at radius 3 is 0.696 bits per heavy atom. The first-order chi connectivity index (χ1) is 9.38. The van der Waals surface area contributed by atoms with Crippen LogP contribution in [0.4, 0.5) is 0 Å². The maximum absolute atomic E-state index is 9.98. The first-order valence-electron chi connectivity index (χ1n) is 5.96. The second kappa shape index (κ2) is 20.8. The molecule has 0 rings (SSSR count). The number of allylic oxidation sites excluding steroid dienone is 6. The third-order valence-electron chi connectivity index (χ3n) is 1.22. The maximum atomic E-state index is 9.98. The topological polar surface area (TPSA) is 152 Å². The molecule has 0 spiro atoms. The van der Waals surface area contributed by atoms with E-state index in [0.717, 1.165) is 18.2 Å². The third-order valence-corrected chi connectivity index (χ3v) is 1.22. The summed E-state index contributed by atoms with van der Waals surface area (Å²) in [6.07, 6.45) is 3.17. The number of carbonyl (C=O) groups is 3. The summed E-state index contributed by atoms with van der Waals surface area (Å²) in [5, 5.41) is 29.9. The summed E-state index contributed by atoms with van der Waals surface area (Å²) in [6, 6.07) is 0. The van der Waals surface area contributed by atoms with Crippen molar-refractivity contribution >= 4 is 17.3 Å². The van der Waals surface area contributed by atoms with Crippen molar-refractivity contribution in [3.63, 3.8) is 0 Å². The minimum Gasteiger partial charge on any atom is -0.876 e. The van der Waals surface area contributed by atoms with Gasteiger partial charge in [0.1, 0.15) is 0 Å². The molecule has 128 valence electrons. The van der Waals surface area contributed by atoms with Crippen molar-refractivity contribution in [1.82, 2.24) is 0 Å². The molecule has 0 saturated heterocycles. The van der Waals surface area contributed by atoms with Crippen LogP contribution in [0.3, 0.4) is 0 Å². The van der Waals surface area contributed by atoms with Crippen molar-refractivity contribution in [3.8, 4) is 0 Å². The minimum atomic E-state index is -0.187. The van der Waals surface area contributed by atoms with E-state index >= 15 is 0 Å². The summed E-state index contributed by atoms with van der Waals surface area (Å²) in [5.41, 5.74) is 0. The molecule has 0 radical (unpaired) electrons. The second-order valence-corrected chi connectivity index (χ2v) is 4.10.